The Morgan fingerprint density at radius 1 is 1.34 bits per heavy atom. The predicted octanol–water partition coefficient (Wildman–Crippen LogP) is 4.45. The Morgan fingerprint density at radius 3 is 2.86 bits per heavy atom. The first-order chi connectivity index (χ1) is 14.0. The number of ether oxygens (including phenoxy) is 1. The van der Waals surface area contributed by atoms with Crippen molar-refractivity contribution in [1.82, 2.24) is 14.9 Å². The maximum atomic E-state index is 13.1. The molecule has 0 aliphatic carbocycles. The first-order valence-corrected chi connectivity index (χ1v) is 11.1. The number of aromatic amines is 1. The minimum atomic E-state index is -0.183. The van der Waals surface area contributed by atoms with Crippen LogP contribution in [0.2, 0.25) is 5.02 Å². The van der Waals surface area contributed by atoms with Gasteiger partial charge in [-0.15, -0.1) is 11.3 Å². The van der Waals surface area contributed by atoms with Crippen LogP contribution in [0.4, 0.5) is 5.69 Å². The van der Waals surface area contributed by atoms with Crippen LogP contribution >= 0.6 is 22.9 Å². The number of para-hydroxylation sites is 1. The van der Waals surface area contributed by atoms with Crippen LogP contribution in [0.15, 0.2) is 24.3 Å². The van der Waals surface area contributed by atoms with Crippen molar-refractivity contribution in [3.05, 3.63) is 45.6 Å². The summed E-state index contributed by atoms with van der Waals surface area (Å²) in [4.78, 5) is 23.3. The second kappa shape index (κ2) is 7.40. The van der Waals surface area contributed by atoms with Crippen molar-refractivity contribution in [2.45, 2.75) is 26.3 Å². The van der Waals surface area contributed by atoms with Gasteiger partial charge in [0.2, 0.25) is 0 Å². The fraction of sp³-hybridized carbons (Fsp3) is 0.429. The van der Waals surface area contributed by atoms with E-state index in [1.807, 2.05) is 19.1 Å². The van der Waals surface area contributed by atoms with Crippen LogP contribution in [0, 0.1) is 12.3 Å². The Balaban J connectivity index is 1.40. The zero-order chi connectivity index (χ0) is 20.0. The quantitative estimate of drug-likeness (QED) is 0.641. The fourth-order valence-corrected chi connectivity index (χ4v) is 5.57. The maximum Gasteiger partial charge on any atom is 0.272 e. The summed E-state index contributed by atoms with van der Waals surface area (Å²) in [6.07, 6.45) is 2.26. The molecule has 152 valence electrons. The first-order valence-electron chi connectivity index (χ1n) is 9.87. The van der Waals surface area contributed by atoms with E-state index in [2.05, 4.69) is 20.2 Å². The zero-order valence-electron chi connectivity index (χ0n) is 16.3. The number of H-pyrrole nitrogens is 1. The Hall–Kier alpha value is -1.93. The van der Waals surface area contributed by atoms with Crippen molar-refractivity contribution in [2.24, 2.45) is 5.41 Å². The predicted molar refractivity (Wildman–Crippen MR) is 116 cm³/mol. The molecule has 1 aromatic carbocycles. The molecule has 0 atom stereocenters. The third-order valence-corrected chi connectivity index (χ3v) is 7.32. The standard InChI is InChI=1S/C21H23ClN4O2S/c1-13-23-19-18(29-13)14(10-26-11-21(12-26)6-8-28-9-7-21)17(25-19)20(27)24-16-5-3-2-4-15(16)22/h2-5,25H,6-12H2,1H3,(H,24,27). The number of fused-ring (bicyclic) bond motifs is 1. The van der Waals surface area contributed by atoms with Gasteiger partial charge in [0.15, 0.2) is 0 Å². The molecule has 2 aromatic heterocycles. The van der Waals surface area contributed by atoms with Gasteiger partial charge in [0, 0.05) is 43.8 Å². The topological polar surface area (TPSA) is 70.2 Å². The molecule has 0 unspecified atom stereocenters. The van der Waals surface area contributed by atoms with Gasteiger partial charge in [-0.25, -0.2) is 4.98 Å². The van der Waals surface area contributed by atoms with Crippen molar-refractivity contribution >= 4 is 44.9 Å². The van der Waals surface area contributed by atoms with E-state index in [-0.39, 0.29) is 5.91 Å². The number of carbonyl (C=O) groups excluding carboxylic acids is 1. The average molecular weight is 431 g/mol. The van der Waals surface area contributed by atoms with Gasteiger partial charge in [0.25, 0.3) is 5.91 Å². The highest BCUT2D eigenvalue weighted by Gasteiger charge is 2.44. The molecule has 2 N–H and O–H groups in total. The summed E-state index contributed by atoms with van der Waals surface area (Å²) in [5.41, 5.74) is 3.39. The summed E-state index contributed by atoms with van der Waals surface area (Å²) in [5.74, 6) is -0.183. The minimum Gasteiger partial charge on any atom is -0.381 e. The number of thiazole rings is 1. The van der Waals surface area contributed by atoms with Crippen LogP contribution in [-0.4, -0.2) is 47.1 Å². The fourth-order valence-electron chi connectivity index (χ4n) is 4.47. The summed E-state index contributed by atoms with van der Waals surface area (Å²) < 4.78 is 6.59. The van der Waals surface area contributed by atoms with Gasteiger partial charge < -0.3 is 15.0 Å². The number of nitrogens with one attached hydrogen (secondary N) is 2. The molecule has 2 saturated heterocycles. The lowest BCUT2D eigenvalue weighted by atomic mass is 9.73. The number of likely N-dealkylation sites (tertiary alicyclic amines) is 1. The Labute approximate surface area is 178 Å². The van der Waals surface area contributed by atoms with Crippen molar-refractivity contribution in [3.8, 4) is 0 Å². The summed E-state index contributed by atoms with van der Waals surface area (Å²) >= 11 is 7.85. The Bertz CT molecular complexity index is 1060. The van der Waals surface area contributed by atoms with E-state index in [1.54, 1.807) is 23.5 Å². The van der Waals surface area contributed by atoms with Gasteiger partial charge >= 0.3 is 0 Å². The molecule has 5 rings (SSSR count). The molecule has 29 heavy (non-hydrogen) atoms. The van der Waals surface area contributed by atoms with Gasteiger partial charge in [-0.05, 0) is 31.9 Å². The summed E-state index contributed by atoms with van der Waals surface area (Å²) in [7, 11) is 0. The molecule has 1 amide bonds. The summed E-state index contributed by atoms with van der Waals surface area (Å²) in [5, 5.41) is 4.46. The smallest absolute Gasteiger partial charge is 0.272 e. The second-order valence-corrected chi connectivity index (χ2v) is 9.69. The van der Waals surface area contributed by atoms with E-state index >= 15 is 0 Å². The van der Waals surface area contributed by atoms with Crippen LogP contribution in [0.25, 0.3) is 10.3 Å². The number of halogens is 1. The number of aryl methyl sites for hydroxylation is 1. The largest absolute Gasteiger partial charge is 0.381 e. The summed E-state index contributed by atoms with van der Waals surface area (Å²) in [6, 6.07) is 7.27. The third kappa shape index (κ3) is 3.57. The average Bonchev–Trinajstić information content (AvgIpc) is 3.20. The normalized spacial score (nSPS) is 18.8. The lowest BCUT2D eigenvalue weighted by Crippen LogP contribution is -2.57. The molecule has 2 aliphatic heterocycles. The van der Waals surface area contributed by atoms with Crippen LogP contribution < -0.4 is 5.32 Å². The first kappa shape index (κ1) is 19.1. The van der Waals surface area contributed by atoms with Gasteiger partial charge in [0.1, 0.15) is 11.3 Å². The van der Waals surface area contributed by atoms with Crippen molar-refractivity contribution in [2.75, 3.05) is 31.6 Å². The SMILES string of the molecule is Cc1nc2[nH]c(C(=O)Nc3ccccc3Cl)c(CN3CC4(CCOCC4)C3)c2s1. The van der Waals surface area contributed by atoms with Gasteiger partial charge in [-0.1, -0.05) is 23.7 Å². The number of aromatic nitrogens is 2. The van der Waals surface area contributed by atoms with E-state index in [1.165, 1.54) is 0 Å². The molecule has 0 saturated carbocycles. The van der Waals surface area contributed by atoms with Crippen molar-refractivity contribution in [3.63, 3.8) is 0 Å². The molecule has 3 aromatic rings. The van der Waals surface area contributed by atoms with Gasteiger partial charge in [-0.3, -0.25) is 9.69 Å². The maximum absolute atomic E-state index is 13.1. The molecule has 4 heterocycles. The molecule has 6 nitrogen and oxygen atoms in total. The van der Waals surface area contributed by atoms with E-state index in [4.69, 9.17) is 16.3 Å². The number of hydrogen-bond donors (Lipinski definition) is 2. The highest BCUT2D eigenvalue weighted by atomic mass is 35.5. The van der Waals surface area contributed by atoms with Crippen LogP contribution in [0.1, 0.15) is 33.9 Å². The second-order valence-electron chi connectivity index (χ2n) is 8.08. The number of rotatable bonds is 4. The summed E-state index contributed by atoms with van der Waals surface area (Å²) in [6.45, 7) is 6.59. The molecule has 0 radical (unpaired) electrons. The Kier molecular flexibility index (Phi) is 4.86. The molecule has 2 fully saturated rings. The van der Waals surface area contributed by atoms with Gasteiger partial charge in [0.05, 0.1) is 20.4 Å². The van der Waals surface area contributed by atoms with Crippen LogP contribution in [-0.2, 0) is 11.3 Å². The zero-order valence-corrected chi connectivity index (χ0v) is 17.8. The van der Waals surface area contributed by atoms with Crippen LogP contribution in [0.5, 0.6) is 0 Å². The lowest BCUT2D eigenvalue weighted by molar-refractivity contribution is -0.0837. The molecule has 0 bridgehead atoms. The minimum absolute atomic E-state index is 0.183. The molecule has 1 spiro atoms. The van der Waals surface area contributed by atoms with Crippen molar-refractivity contribution in [1.29, 1.82) is 0 Å². The van der Waals surface area contributed by atoms with E-state index < -0.39 is 0 Å². The number of hydrogen-bond acceptors (Lipinski definition) is 5. The highest BCUT2D eigenvalue weighted by Crippen LogP contribution is 2.41. The molecule has 2 aliphatic rings. The van der Waals surface area contributed by atoms with E-state index in [0.717, 1.165) is 66.6 Å². The highest BCUT2D eigenvalue weighted by molar-refractivity contribution is 7.18. The van der Waals surface area contributed by atoms with E-state index in [0.29, 0.717) is 21.8 Å². The Morgan fingerprint density at radius 2 is 2.10 bits per heavy atom. The number of amides is 1. The van der Waals surface area contributed by atoms with E-state index in [9.17, 15) is 4.79 Å². The molecule has 8 heteroatoms. The number of anilines is 1. The monoisotopic (exact) mass is 430 g/mol. The van der Waals surface area contributed by atoms with Gasteiger partial charge in [-0.2, -0.15) is 0 Å². The number of benzene rings is 1. The number of nitrogens with zero attached hydrogens (tertiary/aromatic N) is 2. The molecular weight excluding hydrogens is 408 g/mol. The van der Waals surface area contributed by atoms with Crippen molar-refractivity contribution < 1.29 is 9.53 Å². The molecular formula is C21H23ClN4O2S. The number of carbonyl (C=O) groups is 1. The van der Waals surface area contributed by atoms with Crippen LogP contribution in [0.3, 0.4) is 0 Å². The lowest BCUT2D eigenvalue weighted by Gasteiger charge is -2.52. The third-order valence-electron chi connectivity index (χ3n) is 5.96.